The molecule has 18 heavy (non-hydrogen) atoms. The van der Waals surface area contributed by atoms with E-state index in [9.17, 15) is 4.79 Å². The van der Waals surface area contributed by atoms with Crippen molar-refractivity contribution in [3.8, 4) is 0 Å². The highest BCUT2D eigenvalue weighted by Crippen LogP contribution is 2.39. The van der Waals surface area contributed by atoms with E-state index in [2.05, 4.69) is 15.4 Å². The largest absolute Gasteiger partial charge is 0.359 e. The minimum absolute atomic E-state index is 0.118. The minimum Gasteiger partial charge on any atom is -0.359 e. The fraction of sp³-hybridized carbons (Fsp3) is 0.692. The van der Waals surface area contributed by atoms with Crippen molar-refractivity contribution in [2.24, 2.45) is 0 Å². The average molecular weight is 249 g/mol. The maximum absolute atomic E-state index is 12.6. The van der Waals surface area contributed by atoms with Crippen LogP contribution in [0.4, 0.5) is 5.69 Å². The molecule has 1 aromatic rings. The number of hydrogen-bond acceptors (Lipinski definition) is 4. The predicted molar refractivity (Wildman–Crippen MR) is 67.4 cm³/mol. The van der Waals surface area contributed by atoms with Gasteiger partial charge in [0.05, 0.1) is 0 Å². The van der Waals surface area contributed by atoms with Gasteiger partial charge in [0.15, 0.2) is 5.76 Å². The summed E-state index contributed by atoms with van der Waals surface area (Å²) in [6.45, 7) is 5.78. The lowest BCUT2D eigenvalue weighted by molar-refractivity contribution is -0.125. The molecule has 0 bridgehead atoms. The van der Waals surface area contributed by atoms with Crippen LogP contribution in [0.25, 0.3) is 0 Å². The maximum Gasteiger partial charge on any atom is 0.245 e. The van der Waals surface area contributed by atoms with E-state index in [0.29, 0.717) is 5.76 Å². The van der Waals surface area contributed by atoms with Crippen LogP contribution in [0.3, 0.4) is 0 Å². The van der Waals surface area contributed by atoms with E-state index in [1.54, 1.807) is 0 Å². The summed E-state index contributed by atoms with van der Waals surface area (Å²) < 4.78 is 5.09. The Bertz CT molecular complexity index is 451. The van der Waals surface area contributed by atoms with Crippen LogP contribution in [0.5, 0.6) is 0 Å². The fourth-order valence-electron chi connectivity index (χ4n) is 3.37. The smallest absolute Gasteiger partial charge is 0.245 e. The number of nitrogens with one attached hydrogen (secondary N) is 1. The van der Waals surface area contributed by atoms with Crippen LogP contribution in [0, 0.1) is 13.8 Å². The standard InChI is InChI=1S/C13H19N3O2/c1-9-11(10(2)18-15-9)14-12(17)13-5-3-7-16(13)8-4-6-13/h3-8H2,1-2H3,(H,14,17). The van der Waals surface area contributed by atoms with Gasteiger partial charge >= 0.3 is 0 Å². The zero-order valence-corrected chi connectivity index (χ0v) is 11.0. The molecule has 0 aromatic carbocycles. The van der Waals surface area contributed by atoms with Crippen molar-refractivity contribution >= 4 is 11.6 Å². The number of aromatic nitrogens is 1. The Morgan fingerprint density at radius 1 is 1.33 bits per heavy atom. The van der Waals surface area contributed by atoms with Crippen LogP contribution < -0.4 is 5.32 Å². The molecule has 0 atom stereocenters. The van der Waals surface area contributed by atoms with Crippen LogP contribution in [0.2, 0.25) is 0 Å². The summed E-state index contributed by atoms with van der Waals surface area (Å²) in [4.78, 5) is 14.9. The molecule has 0 aliphatic carbocycles. The van der Waals surface area contributed by atoms with E-state index in [0.717, 1.165) is 50.2 Å². The highest BCUT2D eigenvalue weighted by atomic mass is 16.5. The molecule has 1 amide bonds. The molecule has 3 heterocycles. The molecule has 0 spiro atoms. The molecule has 0 radical (unpaired) electrons. The van der Waals surface area contributed by atoms with Crippen molar-refractivity contribution in [3.05, 3.63) is 11.5 Å². The molecule has 3 rings (SSSR count). The van der Waals surface area contributed by atoms with Gasteiger partial charge in [0.2, 0.25) is 5.91 Å². The highest BCUT2D eigenvalue weighted by molar-refractivity contribution is 5.99. The molecule has 5 nitrogen and oxygen atoms in total. The normalized spacial score (nSPS) is 22.1. The quantitative estimate of drug-likeness (QED) is 0.869. The Morgan fingerprint density at radius 3 is 2.56 bits per heavy atom. The van der Waals surface area contributed by atoms with Crippen molar-refractivity contribution in [1.29, 1.82) is 0 Å². The number of carbonyl (C=O) groups excluding carboxylic acids is 1. The number of rotatable bonds is 2. The molecular weight excluding hydrogens is 230 g/mol. The van der Waals surface area contributed by atoms with Crippen LogP contribution in [-0.4, -0.2) is 34.6 Å². The second-order valence-electron chi connectivity index (χ2n) is 5.38. The number of fused-ring (bicyclic) bond motifs is 1. The van der Waals surface area contributed by atoms with Crippen molar-refractivity contribution in [2.45, 2.75) is 45.1 Å². The zero-order valence-electron chi connectivity index (χ0n) is 11.0. The Balaban J connectivity index is 1.83. The molecular formula is C13H19N3O2. The van der Waals surface area contributed by atoms with Gasteiger partial charge in [-0.15, -0.1) is 0 Å². The molecule has 2 fully saturated rings. The van der Waals surface area contributed by atoms with E-state index >= 15 is 0 Å². The lowest BCUT2D eigenvalue weighted by Gasteiger charge is -2.30. The van der Waals surface area contributed by atoms with Crippen LogP contribution in [-0.2, 0) is 4.79 Å². The number of aryl methyl sites for hydroxylation is 2. The van der Waals surface area contributed by atoms with Crippen LogP contribution >= 0.6 is 0 Å². The van der Waals surface area contributed by atoms with Gasteiger partial charge in [-0.2, -0.15) is 0 Å². The first kappa shape index (κ1) is 11.7. The van der Waals surface area contributed by atoms with E-state index < -0.39 is 0 Å². The van der Waals surface area contributed by atoms with Gasteiger partial charge in [-0.1, -0.05) is 5.16 Å². The van der Waals surface area contributed by atoms with Crippen LogP contribution in [0.15, 0.2) is 4.52 Å². The van der Waals surface area contributed by atoms with Crippen molar-refractivity contribution in [1.82, 2.24) is 10.1 Å². The second-order valence-corrected chi connectivity index (χ2v) is 5.38. The lowest BCUT2D eigenvalue weighted by Crippen LogP contribution is -2.49. The Labute approximate surface area is 107 Å². The molecule has 0 unspecified atom stereocenters. The van der Waals surface area contributed by atoms with Gasteiger partial charge < -0.3 is 9.84 Å². The number of hydrogen-bond donors (Lipinski definition) is 1. The Morgan fingerprint density at radius 2 is 2.00 bits per heavy atom. The number of amides is 1. The number of anilines is 1. The van der Waals surface area contributed by atoms with Gasteiger partial charge in [-0.3, -0.25) is 9.69 Å². The van der Waals surface area contributed by atoms with E-state index in [4.69, 9.17) is 4.52 Å². The monoisotopic (exact) mass is 249 g/mol. The Kier molecular flexibility index (Phi) is 2.66. The molecule has 0 saturated carbocycles. The number of nitrogens with zero attached hydrogens (tertiary/aromatic N) is 2. The van der Waals surface area contributed by atoms with E-state index in [-0.39, 0.29) is 11.4 Å². The van der Waals surface area contributed by atoms with Gasteiger partial charge in [0.1, 0.15) is 16.9 Å². The Hall–Kier alpha value is -1.36. The molecule has 98 valence electrons. The van der Waals surface area contributed by atoms with Crippen molar-refractivity contribution in [3.63, 3.8) is 0 Å². The first-order chi connectivity index (χ1) is 8.63. The molecule has 1 N–H and O–H groups in total. The SMILES string of the molecule is Cc1noc(C)c1NC(=O)C12CCCN1CCC2. The van der Waals surface area contributed by atoms with Gasteiger partial charge in [-0.25, -0.2) is 0 Å². The van der Waals surface area contributed by atoms with Crippen molar-refractivity contribution < 1.29 is 9.32 Å². The zero-order chi connectivity index (χ0) is 12.8. The first-order valence-corrected chi connectivity index (χ1v) is 6.63. The average Bonchev–Trinajstić information content (AvgIpc) is 2.98. The third-order valence-corrected chi connectivity index (χ3v) is 4.34. The molecule has 2 saturated heterocycles. The third kappa shape index (κ3) is 1.57. The van der Waals surface area contributed by atoms with E-state index in [1.165, 1.54) is 0 Å². The predicted octanol–water partition coefficient (Wildman–Crippen LogP) is 1.86. The summed E-state index contributed by atoms with van der Waals surface area (Å²) in [6, 6.07) is 0. The first-order valence-electron chi connectivity index (χ1n) is 6.63. The summed E-state index contributed by atoms with van der Waals surface area (Å²) >= 11 is 0. The summed E-state index contributed by atoms with van der Waals surface area (Å²) in [6.07, 6.45) is 4.19. The molecule has 5 heteroatoms. The summed E-state index contributed by atoms with van der Waals surface area (Å²) in [5, 5.41) is 6.90. The summed E-state index contributed by atoms with van der Waals surface area (Å²) in [5.41, 5.74) is 1.23. The number of carbonyl (C=O) groups is 1. The van der Waals surface area contributed by atoms with Gasteiger partial charge in [0.25, 0.3) is 0 Å². The second kappa shape index (κ2) is 4.09. The van der Waals surface area contributed by atoms with Gasteiger partial charge in [-0.05, 0) is 52.6 Å². The highest BCUT2D eigenvalue weighted by Gasteiger charge is 2.50. The molecule has 2 aliphatic heterocycles. The topological polar surface area (TPSA) is 58.4 Å². The summed E-state index contributed by atoms with van der Waals surface area (Å²) in [7, 11) is 0. The fourth-order valence-corrected chi connectivity index (χ4v) is 3.37. The molecule has 1 aromatic heterocycles. The van der Waals surface area contributed by atoms with Crippen molar-refractivity contribution in [2.75, 3.05) is 18.4 Å². The third-order valence-electron chi connectivity index (χ3n) is 4.34. The minimum atomic E-state index is -0.268. The summed E-state index contributed by atoms with van der Waals surface area (Å²) in [5.74, 6) is 0.798. The molecule has 2 aliphatic rings. The van der Waals surface area contributed by atoms with Gasteiger partial charge in [0, 0.05) is 0 Å². The van der Waals surface area contributed by atoms with Crippen LogP contribution in [0.1, 0.15) is 37.1 Å². The maximum atomic E-state index is 12.6. The lowest BCUT2D eigenvalue weighted by atomic mass is 9.93. The van der Waals surface area contributed by atoms with E-state index in [1.807, 2.05) is 13.8 Å².